The fourth-order valence-electron chi connectivity index (χ4n) is 1.89. The number of carbonyl (C=O) groups excluding carboxylic acids is 1. The van der Waals surface area contributed by atoms with Crippen LogP contribution in [0.4, 0.5) is 0 Å². The number of ketones is 1. The Bertz CT molecular complexity index is 391. The molecule has 0 aliphatic rings. The van der Waals surface area contributed by atoms with E-state index < -0.39 is 5.41 Å². The van der Waals surface area contributed by atoms with Crippen LogP contribution in [0.25, 0.3) is 0 Å². The number of nitrogens with zero attached hydrogens (tertiary/aromatic N) is 1. The quantitative estimate of drug-likeness (QED) is 0.756. The highest BCUT2D eigenvalue weighted by molar-refractivity contribution is 5.91. The van der Waals surface area contributed by atoms with Crippen molar-refractivity contribution in [3.05, 3.63) is 35.9 Å². The van der Waals surface area contributed by atoms with Crippen LogP contribution in [0.2, 0.25) is 0 Å². The topological polar surface area (TPSA) is 40.9 Å². The second kappa shape index (κ2) is 5.46. The smallest absolute Gasteiger partial charge is 0.154 e. The largest absolute Gasteiger partial charge is 0.298 e. The maximum Gasteiger partial charge on any atom is 0.154 e. The summed E-state index contributed by atoms with van der Waals surface area (Å²) in [6, 6.07) is 11.6. The first-order chi connectivity index (χ1) is 7.67. The monoisotopic (exact) mass is 215 g/mol. The second-order valence-electron chi connectivity index (χ2n) is 4.04. The molecular formula is C14H17NO. The SMILES string of the molecule is CCCCC(C#N)(C(C)=O)c1ccccc1. The van der Waals surface area contributed by atoms with Crippen molar-refractivity contribution in [2.45, 2.75) is 38.5 Å². The third-order valence-electron chi connectivity index (χ3n) is 2.96. The van der Waals surface area contributed by atoms with Crippen molar-refractivity contribution >= 4 is 5.78 Å². The van der Waals surface area contributed by atoms with Crippen LogP contribution in [0.5, 0.6) is 0 Å². The lowest BCUT2D eigenvalue weighted by Crippen LogP contribution is -2.32. The van der Waals surface area contributed by atoms with Crippen molar-refractivity contribution in [3.63, 3.8) is 0 Å². The normalized spacial score (nSPS) is 13.8. The zero-order valence-corrected chi connectivity index (χ0v) is 9.86. The van der Waals surface area contributed by atoms with Crippen molar-refractivity contribution in [2.75, 3.05) is 0 Å². The molecule has 2 heteroatoms. The van der Waals surface area contributed by atoms with E-state index in [1.165, 1.54) is 6.92 Å². The summed E-state index contributed by atoms with van der Waals surface area (Å²) in [7, 11) is 0. The van der Waals surface area contributed by atoms with Crippen LogP contribution in [-0.2, 0) is 10.2 Å². The Kier molecular flexibility index (Phi) is 4.25. The minimum absolute atomic E-state index is 0.0605. The first kappa shape index (κ1) is 12.4. The Morgan fingerprint density at radius 1 is 1.38 bits per heavy atom. The van der Waals surface area contributed by atoms with Crippen molar-refractivity contribution in [1.29, 1.82) is 5.26 Å². The van der Waals surface area contributed by atoms with Gasteiger partial charge in [0.25, 0.3) is 0 Å². The average Bonchev–Trinajstić information content (AvgIpc) is 2.31. The van der Waals surface area contributed by atoms with Crippen LogP contribution in [0.3, 0.4) is 0 Å². The van der Waals surface area contributed by atoms with E-state index in [1.54, 1.807) is 0 Å². The van der Waals surface area contributed by atoms with Crippen molar-refractivity contribution in [1.82, 2.24) is 0 Å². The van der Waals surface area contributed by atoms with Crippen molar-refractivity contribution in [2.24, 2.45) is 0 Å². The van der Waals surface area contributed by atoms with Gasteiger partial charge in [-0.2, -0.15) is 5.26 Å². The number of rotatable bonds is 5. The highest BCUT2D eigenvalue weighted by Crippen LogP contribution is 2.30. The van der Waals surface area contributed by atoms with Crippen molar-refractivity contribution in [3.8, 4) is 6.07 Å². The van der Waals surface area contributed by atoms with Gasteiger partial charge in [-0.15, -0.1) is 0 Å². The molecule has 0 saturated carbocycles. The Morgan fingerprint density at radius 3 is 2.44 bits per heavy atom. The summed E-state index contributed by atoms with van der Waals surface area (Å²) < 4.78 is 0. The molecule has 0 N–H and O–H groups in total. The molecule has 1 aromatic rings. The molecule has 0 amide bonds. The molecule has 1 unspecified atom stereocenters. The average molecular weight is 215 g/mol. The van der Waals surface area contributed by atoms with E-state index in [1.807, 2.05) is 30.3 Å². The van der Waals surface area contributed by atoms with Gasteiger partial charge in [-0.3, -0.25) is 4.79 Å². The molecule has 16 heavy (non-hydrogen) atoms. The van der Waals surface area contributed by atoms with E-state index in [2.05, 4.69) is 13.0 Å². The number of hydrogen-bond donors (Lipinski definition) is 0. The summed E-state index contributed by atoms with van der Waals surface area (Å²) in [5, 5.41) is 9.36. The first-order valence-electron chi connectivity index (χ1n) is 5.65. The molecule has 0 fully saturated rings. The lowest BCUT2D eigenvalue weighted by Gasteiger charge is -2.23. The van der Waals surface area contributed by atoms with Crippen LogP contribution in [-0.4, -0.2) is 5.78 Å². The Labute approximate surface area is 96.9 Å². The maximum absolute atomic E-state index is 11.8. The van der Waals surface area contributed by atoms with Gasteiger partial charge in [0.1, 0.15) is 5.41 Å². The predicted octanol–water partition coefficient (Wildman–Crippen LogP) is 3.23. The van der Waals surface area contributed by atoms with Gasteiger partial charge in [-0.1, -0.05) is 50.1 Å². The Hall–Kier alpha value is -1.62. The summed E-state index contributed by atoms with van der Waals surface area (Å²) in [6.45, 7) is 3.57. The molecule has 0 spiro atoms. The summed E-state index contributed by atoms with van der Waals surface area (Å²) >= 11 is 0. The molecule has 0 radical (unpaired) electrons. The number of carbonyl (C=O) groups is 1. The van der Waals surface area contributed by atoms with E-state index in [9.17, 15) is 10.1 Å². The summed E-state index contributed by atoms with van der Waals surface area (Å²) in [4.78, 5) is 11.8. The molecular weight excluding hydrogens is 198 g/mol. The van der Waals surface area contributed by atoms with Crippen LogP contribution < -0.4 is 0 Å². The minimum atomic E-state index is -0.947. The highest BCUT2D eigenvalue weighted by Gasteiger charge is 2.36. The van der Waals surface area contributed by atoms with E-state index >= 15 is 0 Å². The lowest BCUT2D eigenvalue weighted by molar-refractivity contribution is -0.120. The maximum atomic E-state index is 11.8. The van der Waals surface area contributed by atoms with Gasteiger partial charge in [-0.25, -0.2) is 0 Å². The predicted molar refractivity (Wildman–Crippen MR) is 63.9 cm³/mol. The fourth-order valence-corrected chi connectivity index (χ4v) is 1.89. The lowest BCUT2D eigenvalue weighted by atomic mass is 9.75. The third kappa shape index (κ3) is 2.30. The summed E-state index contributed by atoms with van der Waals surface area (Å²) in [6.07, 6.45) is 2.49. The zero-order chi connectivity index (χ0) is 12.0. The molecule has 84 valence electrons. The number of benzene rings is 1. The number of Topliss-reactive ketones (excluding diaryl/α,β-unsaturated/α-hetero) is 1. The van der Waals surface area contributed by atoms with Gasteiger partial charge in [0, 0.05) is 0 Å². The summed E-state index contributed by atoms with van der Waals surface area (Å²) in [5.41, 5.74) is -0.129. The molecule has 0 saturated heterocycles. The molecule has 0 aromatic heterocycles. The van der Waals surface area contributed by atoms with Gasteiger partial charge in [0.2, 0.25) is 0 Å². The van der Waals surface area contributed by atoms with Gasteiger partial charge in [-0.05, 0) is 18.9 Å². The van der Waals surface area contributed by atoms with Gasteiger partial charge in [0.15, 0.2) is 5.78 Å². The van der Waals surface area contributed by atoms with E-state index in [4.69, 9.17) is 0 Å². The van der Waals surface area contributed by atoms with Gasteiger partial charge in [0.05, 0.1) is 6.07 Å². The molecule has 0 bridgehead atoms. The molecule has 0 aliphatic carbocycles. The molecule has 0 aliphatic heterocycles. The summed E-state index contributed by atoms with van der Waals surface area (Å²) in [5.74, 6) is -0.0605. The first-order valence-corrected chi connectivity index (χ1v) is 5.65. The molecule has 1 rings (SSSR count). The standard InChI is InChI=1S/C14H17NO/c1-3-4-10-14(11-15,12(2)16)13-8-6-5-7-9-13/h5-9H,3-4,10H2,1-2H3. The van der Waals surface area contributed by atoms with E-state index in [-0.39, 0.29) is 5.78 Å². The van der Waals surface area contributed by atoms with Gasteiger partial charge >= 0.3 is 0 Å². The molecule has 1 atom stereocenters. The fraction of sp³-hybridized carbons (Fsp3) is 0.429. The third-order valence-corrected chi connectivity index (χ3v) is 2.96. The minimum Gasteiger partial charge on any atom is -0.298 e. The second-order valence-corrected chi connectivity index (χ2v) is 4.04. The molecule has 0 heterocycles. The highest BCUT2D eigenvalue weighted by atomic mass is 16.1. The zero-order valence-electron chi connectivity index (χ0n) is 9.86. The Morgan fingerprint density at radius 2 is 2.00 bits per heavy atom. The van der Waals surface area contributed by atoms with Gasteiger partial charge < -0.3 is 0 Å². The van der Waals surface area contributed by atoms with Crippen molar-refractivity contribution < 1.29 is 4.79 Å². The van der Waals surface area contributed by atoms with Crippen LogP contribution >= 0.6 is 0 Å². The molecule has 1 aromatic carbocycles. The number of nitriles is 1. The van der Waals surface area contributed by atoms with E-state index in [0.717, 1.165) is 18.4 Å². The van der Waals surface area contributed by atoms with Crippen LogP contribution in [0.1, 0.15) is 38.7 Å². The Balaban J connectivity index is 3.14. The number of unbranched alkanes of at least 4 members (excludes halogenated alkanes) is 1. The van der Waals surface area contributed by atoms with Crippen LogP contribution in [0.15, 0.2) is 30.3 Å². The molecule has 2 nitrogen and oxygen atoms in total. The van der Waals surface area contributed by atoms with E-state index in [0.29, 0.717) is 6.42 Å². The van der Waals surface area contributed by atoms with Crippen LogP contribution in [0, 0.1) is 11.3 Å². The number of hydrogen-bond acceptors (Lipinski definition) is 2.